The predicted molar refractivity (Wildman–Crippen MR) is 166 cm³/mol. The number of ketones is 1. The number of aromatic nitrogens is 6. The van der Waals surface area contributed by atoms with Gasteiger partial charge < -0.3 is 51.7 Å². The fraction of sp³-hybridized carbons (Fsp3) is 0.480. The molecular weight excluding hydrogens is 659 g/mol. The molecule has 2 amide bonds. The maximum atomic E-state index is 13.0. The molecule has 0 aromatic carbocycles. The zero-order chi connectivity index (χ0) is 35.1. The Morgan fingerprint density at radius 1 is 1.17 bits per heavy atom. The number of anilines is 3. The van der Waals surface area contributed by atoms with Gasteiger partial charge in [-0.1, -0.05) is 0 Å². The first kappa shape index (κ1) is 34.5. The number of aromatic amines is 1. The maximum Gasteiger partial charge on any atom is 0.344 e. The molecule has 1 fully saturated rings. The number of H-pyrrole nitrogens is 1. The number of nitrogens with one attached hydrogen (secondary N) is 3. The predicted octanol–water partition coefficient (Wildman–Crippen LogP) is -2.90. The number of fused-ring (bicyclic) bond motifs is 2. The second-order valence-corrected chi connectivity index (χ2v) is 13.3. The van der Waals surface area contributed by atoms with Gasteiger partial charge in [0.15, 0.2) is 35.0 Å². The molecule has 5 rings (SSSR count). The number of Topliss-reactive ketones (excluding diaryl/α,β-unsaturated/α-hetero) is 1. The average molecular weight is 693 g/mol. The topological polar surface area (TPSA) is 339 Å². The van der Waals surface area contributed by atoms with E-state index in [4.69, 9.17) is 16.2 Å². The van der Waals surface area contributed by atoms with Gasteiger partial charge >= 0.3 is 7.60 Å². The third-order valence-corrected chi connectivity index (χ3v) is 8.27. The fourth-order valence-electron chi connectivity index (χ4n) is 5.26. The van der Waals surface area contributed by atoms with Crippen molar-refractivity contribution in [3.05, 3.63) is 23.0 Å². The molecule has 0 spiro atoms. The van der Waals surface area contributed by atoms with Gasteiger partial charge in [0.2, 0.25) is 11.9 Å². The number of amides is 2. The monoisotopic (exact) mass is 692 g/mol. The summed E-state index contributed by atoms with van der Waals surface area (Å²) in [5.41, 5.74) is 9.54. The first-order valence-corrected chi connectivity index (χ1v) is 16.1. The van der Waals surface area contributed by atoms with E-state index in [0.29, 0.717) is 4.90 Å². The number of rotatable bonds is 11. The highest BCUT2D eigenvalue weighted by atomic mass is 31.2. The Balaban J connectivity index is 1.21. The van der Waals surface area contributed by atoms with Crippen LogP contribution in [0.5, 0.6) is 0 Å². The number of ether oxygens (including phenoxy) is 1. The van der Waals surface area contributed by atoms with Crippen molar-refractivity contribution >= 4 is 65.3 Å². The molecule has 2 aliphatic heterocycles. The molecule has 0 bridgehead atoms. The zero-order valence-corrected chi connectivity index (χ0v) is 26.4. The molecule has 48 heavy (non-hydrogen) atoms. The van der Waals surface area contributed by atoms with Crippen molar-refractivity contribution in [2.75, 3.05) is 36.2 Å². The minimum atomic E-state index is -4.87. The van der Waals surface area contributed by atoms with Crippen LogP contribution in [0.1, 0.15) is 32.9 Å². The number of aliphatic hydroxyl groups excluding tert-OH is 2. The average Bonchev–Trinajstić information content (AvgIpc) is 3.53. The number of hydrogen-bond acceptors (Lipinski definition) is 16. The van der Waals surface area contributed by atoms with Gasteiger partial charge in [-0.2, -0.15) is 4.98 Å². The second-order valence-electron chi connectivity index (χ2n) is 11.6. The van der Waals surface area contributed by atoms with Crippen molar-refractivity contribution in [3.63, 3.8) is 0 Å². The molecule has 0 radical (unpaired) electrons. The summed E-state index contributed by atoms with van der Waals surface area (Å²) in [4.78, 5) is 93.3. The van der Waals surface area contributed by atoms with E-state index in [1.807, 2.05) is 0 Å². The Morgan fingerprint density at radius 3 is 2.60 bits per heavy atom. The zero-order valence-electron chi connectivity index (χ0n) is 25.5. The normalized spacial score (nSPS) is 21.7. The van der Waals surface area contributed by atoms with Gasteiger partial charge in [-0.15, -0.1) is 0 Å². The third-order valence-electron chi connectivity index (χ3n) is 7.56. The Kier molecular flexibility index (Phi) is 9.32. The van der Waals surface area contributed by atoms with E-state index in [1.165, 1.54) is 17.2 Å². The molecule has 4 atom stereocenters. The van der Waals surface area contributed by atoms with E-state index in [9.17, 15) is 43.7 Å². The van der Waals surface area contributed by atoms with Crippen molar-refractivity contribution in [1.29, 1.82) is 0 Å². The van der Waals surface area contributed by atoms with Crippen LogP contribution >= 0.6 is 7.60 Å². The number of aliphatic imine (C=N–C) groups is 1. The van der Waals surface area contributed by atoms with Gasteiger partial charge in [0.1, 0.15) is 36.0 Å². The molecule has 2 aliphatic rings. The van der Waals surface area contributed by atoms with Crippen molar-refractivity contribution in [1.82, 2.24) is 39.7 Å². The maximum absolute atomic E-state index is 13.0. The first-order valence-electron chi connectivity index (χ1n) is 14.3. The summed E-state index contributed by atoms with van der Waals surface area (Å²) >= 11 is 0. The number of carbonyl (C=O) groups excluding carboxylic acids is 3. The lowest BCUT2D eigenvalue weighted by Gasteiger charge is -2.32. The lowest BCUT2D eigenvalue weighted by Crippen LogP contribution is -2.52. The number of hydrogen-bond donors (Lipinski definition) is 9. The molecule has 23 heteroatoms. The summed E-state index contributed by atoms with van der Waals surface area (Å²) in [6.45, 7) is 1.58. The van der Waals surface area contributed by atoms with E-state index < -0.39 is 80.2 Å². The van der Waals surface area contributed by atoms with Crippen LogP contribution in [0.25, 0.3) is 11.2 Å². The number of aliphatic hydroxyl groups is 2. The van der Waals surface area contributed by atoms with E-state index in [2.05, 4.69) is 40.5 Å². The lowest BCUT2D eigenvalue weighted by atomic mass is 9.95. The lowest BCUT2D eigenvalue weighted by molar-refractivity contribution is -0.135. The van der Waals surface area contributed by atoms with E-state index in [1.54, 1.807) is 13.8 Å². The number of nitrogens with zero attached hydrogens (tertiary/aromatic N) is 7. The van der Waals surface area contributed by atoms with E-state index >= 15 is 0 Å². The van der Waals surface area contributed by atoms with Gasteiger partial charge in [-0.25, -0.2) is 19.9 Å². The number of imidazole rings is 1. The molecule has 22 nitrogen and oxygen atoms in total. The van der Waals surface area contributed by atoms with Gasteiger partial charge in [-0.3, -0.25) is 33.3 Å². The highest BCUT2D eigenvalue weighted by Crippen LogP contribution is 2.36. The smallest absolute Gasteiger partial charge is 0.344 e. The number of nitrogen functional groups attached to an aromatic ring is 2. The highest BCUT2D eigenvalue weighted by Gasteiger charge is 2.44. The van der Waals surface area contributed by atoms with Crippen molar-refractivity contribution in [2.45, 2.75) is 56.8 Å². The fourth-order valence-corrected chi connectivity index (χ4v) is 5.96. The molecule has 0 aliphatic carbocycles. The minimum Gasteiger partial charge on any atom is -0.388 e. The van der Waals surface area contributed by atoms with Crippen molar-refractivity contribution in [3.8, 4) is 0 Å². The molecule has 1 unspecified atom stereocenters. The largest absolute Gasteiger partial charge is 0.388 e. The summed E-state index contributed by atoms with van der Waals surface area (Å²) in [6.07, 6.45) is -4.13. The van der Waals surface area contributed by atoms with Crippen LogP contribution < -0.4 is 27.7 Å². The summed E-state index contributed by atoms with van der Waals surface area (Å²) in [7, 11) is -4.87. The Hall–Kier alpha value is -4.86. The molecule has 3 aromatic rings. The first-order chi connectivity index (χ1) is 22.4. The standard InChI is InChI=1S/C25H33N12O10P/c1-25(2)17(32-14-19(35-25)33-24(27)34-21(14)42)22(43)28-5-12(39)36(9-48(44,45)46)6-10(38)3-4-11-15(40)16(41)23(47-11)37-8-31-13-18(26)29-7-30-20(13)37/h7-8,11,15-16,23,40-41H,3-6,9H2,1-2H3,(H,28,43)(H2,26,29,30)(H2,44,45,46)(H4,27,33,34,35,42)/t11-,15?,16+,23-/m1/s1. The second kappa shape index (κ2) is 13.0. The molecule has 11 N–H and O–H groups in total. The molecule has 1 saturated heterocycles. The highest BCUT2D eigenvalue weighted by molar-refractivity contribution is 7.51. The van der Waals surface area contributed by atoms with Gasteiger partial charge in [0.05, 0.1) is 31.1 Å². The van der Waals surface area contributed by atoms with Crippen LogP contribution in [0.15, 0.2) is 22.4 Å². The van der Waals surface area contributed by atoms with Crippen LogP contribution in [0.3, 0.4) is 0 Å². The minimum absolute atomic E-state index is 0.0377. The summed E-state index contributed by atoms with van der Waals surface area (Å²) in [6, 6.07) is 0. The van der Waals surface area contributed by atoms with Crippen LogP contribution in [-0.2, 0) is 23.7 Å². The molecule has 5 heterocycles. The van der Waals surface area contributed by atoms with Crippen LogP contribution in [0.2, 0.25) is 0 Å². The van der Waals surface area contributed by atoms with Crippen LogP contribution in [-0.4, -0.2) is 121 Å². The Labute approximate surface area is 269 Å². The number of carbonyl (C=O) groups is 3. The van der Waals surface area contributed by atoms with E-state index in [-0.39, 0.29) is 53.0 Å². The van der Waals surface area contributed by atoms with Gasteiger partial charge in [-0.05, 0) is 20.3 Å². The SMILES string of the molecule is CC1(C)Nc2nc(N)[nH]c(=O)c2N=C1C(=O)NCC(=O)N(CC(=O)CC[C@H]1O[C@@H](n2cnc3c(N)ncnc32)[C@@H](O)C1O)CP(=O)(O)O. The number of nitrogens with two attached hydrogens (primary N) is 2. The third kappa shape index (κ3) is 7.17. The Bertz CT molecular complexity index is 1910. The summed E-state index contributed by atoms with van der Waals surface area (Å²) in [5, 5.41) is 26.4. The summed E-state index contributed by atoms with van der Waals surface area (Å²) < 4.78 is 19.0. The molecule has 0 saturated carbocycles. The van der Waals surface area contributed by atoms with E-state index in [0.717, 1.165) is 0 Å². The van der Waals surface area contributed by atoms with Crippen LogP contribution in [0, 0.1) is 0 Å². The molecular formula is C25H33N12O10P. The molecule has 258 valence electrons. The van der Waals surface area contributed by atoms with Gasteiger partial charge in [0, 0.05) is 6.42 Å². The van der Waals surface area contributed by atoms with Gasteiger partial charge in [0.25, 0.3) is 11.5 Å². The van der Waals surface area contributed by atoms with Crippen molar-refractivity contribution < 1.29 is 43.7 Å². The molecule has 3 aromatic heterocycles. The quantitative estimate of drug-likeness (QED) is 0.0910. The van der Waals surface area contributed by atoms with Crippen molar-refractivity contribution in [2.24, 2.45) is 4.99 Å². The van der Waals surface area contributed by atoms with Crippen LogP contribution in [0.4, 0.5) is 23.3 Å². The summed E-state index contributed by atoms with van der Waals surface area (Å²) in [5.74, 6) is -2.58. The Morgan fingerprint density at radius 2 is 1.90 bits per heavy atom.